The predicted molar refractivity (Wildman–Crippen MR) is 59.1 cm³/mol. The van der Waals surface area contributed by atoms with Gasteiger partial charge in [0.25, 0.3) is 0 Å². The predicted octanol–water partition coefficient (Wildman–Crippen LogP) is 1.46. The van der Waals surface area contributed by atoms with Crippen LogP contribution < -0.4 is 0 Å². The van der Waals surface area contributed by atoms with Crippen molar-refractivity contribution in [1.82, 2.24) is 0 Å². The summed E-state index contributed by atoms with van der Waals surface area (Å²) in [5.41, 5.74) is 0. The Balaban J connectivity index is 2.02. The monoisotopic (exact) mass is 230 g/mol. The van der Waals surface area contributed by atoms with E-state index in [0.29, 0.717) is 0 Å². The number of hydrogen-bond donors (Lipinski definition) is 1. The summed E-state index contributed by atoms with van der Waals surface area (Å²) >= 11 is 0. The van der Waals surface area contributed by atoms with E-state index in [-0.39, 0.29) is 31.0 Å². The van der Waals surface area contributed by atoms with Gasteiger partial charge in [0, 0.05) is 0 Å². The SMILES string of the molecule is CCCC[C@H]1O[C@H](CO)[C@@H]2OC(C)(C)O[C@@H]21. The van der Waals surface area contributed by atoms with Crippen LogP contribution in [0.4, 0.5) is 0 Å². The number of unbranched alkanes of at least 4 members (excludes halogenated alkanes) is 1. The van der Waals surface area contributed by atoms with Gasteiger partial charge in [0.15, 0.2) is 5.79 Å². The molecule has 0 aliphatic carbocycles. The average molecular weight is 230 g/mol. The molecule has 2 rings (SSSR count). The van der Waals surface area contributed by atoms with Crippen molar-refractivity contribution >= 4 is 0 Å². The minimum absolute atomic E-state index is 0.00321. The standard InChI is InChI=1S/C12H22O4/c1-4-5-6-8-10-11(9(7-13)14-8)16-12(2,3)15-10/h8-11,13H,4-7H2,1-3H3/t8-,9-,10-,11+/m1/s1. The summed E-state index contributed by atoms with van der Waals surface area (Å²) in [5, 5.41) is 9.27. The van der Waals surface area contributed by atoms with Crippen LogP contribution in [-0.4, -0.2) is 41.9 Å². The Labute approximate surface area is 96.9 Å². The Bertz CT molecular complexity index is 241. The molecule has 2 heterocycles. The van der Waals surface area contributed by atoms with Gasteiger partial charge in [-0.25, -0.2) is 0 Å². The number of hydrogen-bond acceptors (Lipinski definition) is 4. The van der Waals surface area contributed by atoms with E-state index in [4.69, 9.17) is 14.2 Å². The zero-order valence-corrected chi connectivity index (χ0v) is 10.3. The molecular weight excluding hydrogens is 208 g/mol. The highest BCUT2D eigenvalue weighted by molar-refractivity contribution is 4.97. The zero-order valence-electron chi connectivity index (χ0n) is 10.3. The van der Waals surface area contributed by atoms with E-state index in [1.165, 1.54) is 0 Å². The third kappa shape index (κ3) is 2.25. The summed E-state index contributed by atoms with van der Waals surface area (Å²) in [7, 11) is 0. The second-order valence-corrected chi connectivity index (χ2v) is 5.10. The minimum atomic E-state index is -0.545. The lowest BCUT2D eigenvalue weighted by Crippen LogP contribution is -2.31. The van der Waals surface area contributed by atoms with Gasteiger partial charge in [0.2, 0.25) is 0 Å². The molecule has 0 saturated carbocycles. The Kier molecular flexibility index (Phi) is 3.54. The third-order valence-corrected chi connectivity index (χ3v) is 3.27. The van der Waals surface area contributed by atoms with Crippen LogP contribution in [0, 0.1) is 0 Å². The van der Waals surface area contributed by atoms with Gasteiger partial charge >= 0.3 is 0 Å². The van der Waals surface area contributed by atoms with Gasteiger partial charge in [0.1, 0.15) is 18.3 Å². The molecule has 0 radical (unpaired) electrons. The average Bonchev–Trinajstić information content (AvgIpc) is 2.69. The minimum Gasteiger partial charge on any atom is -0.394 e. The molecule has 0 bridgehead atoms. The second kappa shape index (κ2) is 4.61. The first kappa shape index (κ1) is 12.3. The number of fused-ring (bicyclic) bond motifs is 1. The van der Waals surface area contributed by atoms with Crippen molar-refractivity contribution in [2.24, 2.45) is 0 Å². The third-order valence-electron chi connectivity index (χ3n) is 3.27. The normalized spacial score (nSPS) is 41.2. The maximum atomic E-state index is 9.27. The fraction of sp³-hybridized carbons (Fsp3) is 1.00. The van der Waals surface area contributed by atoms with Crippen molar-refractivity contribution in [2.75, 3.05) is 6.61 Å². The summed E-state index contributed by atoms with van der Waals surface area (Å²) in [6.45, 7) is 5.99. The molecule has 1 N–H and O–H groups in total. The Morgan fingerprint density at radius 2 is 1.75 bits per heavy atom. The maximum absolute atomic E-state index is 9.27. The molecule has 2 fully saturated rings. The van der Waals surface area contributed by atoms with Gasteiger partial charge in [-0.05, 0) is 20.3 Å². The van der Waals surface area contributed by atoms with Crippen LogP contribution in [0.2, 0.25) is 0 Å². The summed E-state index contributed by atoms with van der Waals surface area (Å²) in [4.78, 5) is 0. The van der Waals surface area contributed by atoms with E-state index in [0.717, 1.165) is 19.3 Å². The molecule has 4 heteroatoms. The molecule has 0 aromatic carbocycles. The van der Waals surface area contributed by atoms with Gasteiger partial charge < -0.3 is 19.3 Å². The molecule has 2 saturated heterocycles. The zero-order chi connectivity index (χ0) is 11.8. The number of rotatable bonds is 4. The molecule has 0 unspecified atom stereocenters. The van der Waals surface area contributed by atoms with Crippen LogP contribution >= 0.6 is 0 Å². The maximum Gasteiger partial charge on any atom is 0.164 e. The largest absolute Gasteiger partial charge is 0.394 e. The van der Waals surface area contributed by atoms with E-state index < -0.39 is 5.79 Å². The molecule has 0 aromatic heterocycles. The summed E-state index contributed by atoms with van der Waals surface area (Å²) in [5.74, 6) is -0.545. The highest BCUT2D eigenvalue weighted by Crippen LogP contribution is 2.39. The van der Waals surface area contributed by atoms with Crippen molar-refractivity contribution in [3.63, 3.8) is 0 Å². The Morgan fingerprint density at radius 3 is 2.31 bits per heavy atom. The van der Waals surface area contributed by atoms with E-state index in [2.05, 4.69) is 6.92 Å². The summed E-state index contributed by atoms with van der Waals surface area (Å²) in [6, 6.07) is 0. The van der Waals surface area contributed by atoms with Crippen LogP contribution in [0.15, 0.2) is 0 Å². The summed E-state index contributed by atoms with van der Waals surface area (Å²) in [6.07, 6.45) is 2.97. The van der Waals surface area contributed by atoms with Gasteiger partial charge in [-0.15, -0.1) is 0 Å². The van der Waals surface area contributed by atoms with E-state index in [1.807, 2.05) is 13.8 Å². The van der Waals surface area contributed by atoms with Gasteiger partial charge in [0.05, 0.1) is 12.7 Å². The van der Waals surface area contributed by atoms with Crippen molar-refractivity contribution in [2.45, 2.75) is 70.2 Å². The van der Waals surface area contributed by atoms with Gasteiger partial charge in [-0.1, -0.05) is 19.8 Å². The first-order valence-corrected chi connectivity index (χ1v) is 6.19. The van der Waals surface area contributed by atoms with Crippen molar-refractivity contribution in [3.05, 3.63) is 0 Å². The lowest BCUT2D eigenvalue weighted by molar-refractivity contribution is -0.190. The molecule has 4 atom stereocenters. The van der Waals surface area contributed by atoms with E-state index in [1.54, 1.807) is 0 Å². The molecule has 2 aliphatic rings. The van der Waals surface area contributed by atoms with Gasteiger partial charge in [-0.3, -0.25) is 0 Å². The summed E-state index contributed by atoms with van der Waals surface area (Å²) < 4.78 is 17.4. The Morgan fingerprint density at radius 1 is 1.12 bits per heavy atom. The van der Waals surface area contributed by atoms with Crippen LogP contribution in [0.5, 0.6) is 0 Å². The smallest absolute Gasteiger partial charge is 0.164 e. The molecule has 0 amide bonds. The van der Waals surface area contributed by atoms with Crippen molar-refractivity contribution in [3.8, 4) is 0 Å². The molecule has 94 valence electrons. The van der Waals surface area contributed by atoms with Gasteiger partial charge in [-0.2, -0.15) is 0 Å². The molecule has 0 aromatic rings. The molecule has 0 spiro atoms. The van der Waals surface area contributed by atoms with Crippen LogP contribution in [0.25, 0.3) is 0 Å². The fourth-order valence-electron chi connectivity index (χ4n) is 2.56. The highest BCUT2D eigenvalue weighted by Gasteiger charge is 2.54. The van der Waals surface area contributed by atoms with Crippen LogP contribution in [0.1, 0.15) is 40.0 Å². The highest BCUT2D eigenvalue weighted by atomic mass is 16.8. The number of aliphatic hydroxyl groups excluding tert-OH is 1. The van der Waals surface area contributed by atoms with E-state index >= 15 is 0 Å². The lowest BCUT2D eigenvalue weighted by Gasteiger charge is -2.23. The lowest BCUT2D eigenvalue weighted by atomic mass is 10.0. The number of aliphatic hydroxyl groups is 1. The number of ether oxygens (including phenoxy) is 3. The quantitative estimate of drug-likeness (QED) is 0.794. The molecule has 16 heavy (non-hydrogen) atoms. The molecule has 4 nitrogen and oxygen atoms in total. The first-order valence-electron chi connectivity index (χ1n) is 6.19. The second-order valence-electron chi connectivity index (χ2n) is 5.10. The van der Waals surface area contributed by atoms with Crippen molar-refractivity contribution < 1.29 is 19.3 Å². The Hall–Kier alpha value is -0.160. The topological polar surface area (TPSA) is 47.9 Å². The van der Waals surface area contributed by atoms with Crippen LogP contribution in [0.3, 0.4) is 0 Å². The van der Waals surface area contributed by atoms with E-state index in [9.17, 15) is 5.11 Å². The van der Waals surface area contributed by atoms with Crippen LogP contribution in [-0.2, 0) is 14.2 Å². The molecule has 2 aliphatic heterocycles. The fourth-order valence-corrected chi connectivity index (χ4v) is 2.56. The van der Waals surface area contributed by atoms with Crippen molar-refractivity contribution in [1.29, 1.82) is 0 Å². The first-order chi connectivity index (χ1) is 7.57. The molecular formula is C12H22O4.